The van der Waals surface area contributed by atoms with E-state index in [1.54, 1.807) is 0 Å². The third-order valence-electron chi connectivity index (χ3n) is 8.78. The van der Waals surface area contributed by atoms with Gasteiger partial charge in [0.1, 0.15) is 0 Å². The molecular formula is C40H28Si. The van der Waals surface area contributed by atoms with Gasteiger partial charge in [-0.25, -0.2) is 0 Å². The average molecular weight is 537 g/mol. The van der Waals surface area contributed by atoms with Gasteiger partial charge < -0.3 is 0 Å². The van der Waals surface area contributed by atoms with Crippen LogP contribution in [-0.2, 0) is 0 Å². The fourth-order valence-electron chi connectivity index (χ4n) is 6.95. The van der Waals surface area contributed by atoms with E-state index in [9.17, 15) is 0 Å². The first-order chi connectivity index (χ1) is 20.3. The minimum absolute atomic E-state index is 1.25. The molecule has 0 spiro atoms. The van der Waals surface area contributed by atoms with Gasteiger partial charge in [-0.2, -0.15) is 0 Å². The van der Waals surface area contributed by atoms with Gasteiger partial charge in [0.15, 0.2) is 8.07 Å². The van der Waals surface area contributed by atoms with Crippen LogP contribution in [-0.4, -0.2) is 8.07 Å². The van der Waals surface area contributed by atoms with Crippen LogP contribution in [0.4, 0.5) is 0 Å². The predicted molar refractivity (Wildman–Crippen MR) is 179 cm³/mol. The molecule has 0 heterocycles. The lowest BCUT2D eigenvalue weighted by atomic mass is 9.90. The van der Waals surface area contributed by atoms with Crippen molar-refractivity contribution in [1.29, 1.82) is 0 Å². The summed E-state index contributed by atoms with van der Waals surface area (Å²) in [5, 5.41) is 13.5. The molecular weight excluding hydrogens is 509 g/mol. The van der Waals surface area contributed by atoms with E-state index in [-0.39, 0.29) is 0 Å². The van der Waals surface area contributed by atoms with Crippen LogP contribution in [0.25, 0.3) is 43.4 Å². The largest absolute Gasteiger partial charge is 0.179 e. The summed E-state index contributed by atoms with van der Waals surface area (Å²) in [4.78, 5) is 0. The molecule has 0 aliphatic carbocycles. The van der Waals surface area contributed by atoms with E-state index >= 15 is 0 Å². The van der Waals surface area contributed by atoms with Crippen LogP contribution in [0, 0.1) is 0 Å². The van der Waals surface area contributed by atoms with Crippen molar-refractivity contribution in [2.45, 2.75) is 0 Å². The smallest absolute Gasteiger partial charge is 0.0623 e. The van der Waals surface area contributed by atoms with Gasteiger partial charge in [-0.05, 0) is 64.2 Å². The van der Waals surface area contributed by atoms with E-state index in [2.05, 4.69) is 170 Å². The van der Waals surface area contributed by atoms with Crippen molar-refractivity contribution in [3.05, 3.63) is 170 Å². The Balaban J connectivity index is 1.36. The average Bonchev–Trinajstić information content (AvgIpc) is 3.06. The van der Waals surface area contributed by atoms with Crippen LogP contribution in [0.2, 0.25) is 0 Å². The summed E-state index contributed by atoms with van der Waals surface area (Å²) in [7, 11) is -2.53. The van der Waals surface area contributed by atoms with Crippen molar-refractivity contribution in [3.63, 3.8) is 0 Å². The Hall–Kier alpha value is -4.98. The number of hydrogen-bond donors (Lipinski definition) is 0. The van der Waals surface area contributed by atoms with Gasteiger partial charge in [-0.3, -0.25) is 0 Å². The lowest BCUT2D eigenvalue weighted by Gasteiger charge is -2.34. The molecule has 0 radical (unpaired) electrons. The van der Waals surface area contributed by atoms with Crippen molar-refractivity contribution in [2.24, 2.45) is 0 Å². The normalized spacial score (nSPS) is 11.9. The van der Waals surface area contributed by atoms with Gasteiger partial charge in [-0.1, -0.05) is 170 Å². The van der Waals surface area contributed by atoms with E-state index in [1.807, 2.05) is 0 Å². The Labute approximate surface area is 241 Å². The van der Waals surface area contributed by atoms with Crippen molar-refractivity contribution >= 4 is 61.1 Å². The maximum absolute atomic E-state index is 2.53. The molecule has 0 atom stereocenters. The SMILES string of the molecule is c1ccc([Si](c2ccccc2)(c2ccccc2)c2ccc(-c3ccc4ccc5cccc6ccc3c4c56)cc2)cc1. The minimum Gasteiger partial charge on any atom is -0.0623 e. The van der Waals surface area contributed by atoms with E-state index < -0.39 is 8.07 Å². The topological polar surface area (TPSA) is 0 Å². The Bertz CT molecular complexity index is 2000. The molecule has 0 aromatic heterocycles. The van der Waals surface area contributed by atoms with Crippen LogP contribution < -0.4 is 20.7 Å². The molecule has 0 nitrogen and oxygen atoms in total. The number of rotatable bonds is 5. The molecule has 192 valence electrons. The van der Waals surface area contributed by atoms with Gasteiger partial charge in [-0.15, -0.1) is 0 Å². The van der Waals surface area contributed by atoms with Crippen molar-refractivity contribution in [1.82, 2.24) is 0 Å². The molecule has 0 unspecified atom stereocenters. The number of benzene rings is 8. The number of hydrogen-bond acceptors (Lipinski definition) is 0. The molecule has 1 heteroatoms. The fraction of sp³-hybridized carbons (Fsp3) is 0. The van der Waals surface area contributed by atoms with Crippen LogP contribution in [0.5, 0.6) is 0 Å². The van der Waals surface area contributed by atoms with E-state index in [0.717, 1.165) is 0 Å². The van der Waals surface area contributed by atoms with Crippen molar-refractivity contribution < 1.29 is 0 Å². The highest BCUT2D eigenvalue weighted by atomic mass is 28.3. The molecule has 8 rings (SSSR count). The second kappa shape index (κ2) is 9.59. The highest BCUT2D eigenvalue weighted by Crippen LogP contribution is 2.39. The highest BCUT2D eigenvalue weighted by molar-refractivity contribution is 7.19. The Morgan fingerprint density at radius 3 is 1.27 bits per heavy atom. The summed E-state index contributed by atoms with van der Waals surface area (Å²) in [5.41, 5.74) is 2.54. The molecule has 41 heavy (non-hydrogen) atoms. The van der Waals surface area contributed by atoms with Gasteiger partial charge in [0.2, 0.25) is 0 Å². The molecule has 0 N–H and O–H groups in total. The van der Waals surface area contributed by atoms with Gasteiger partial charge in [0.25, 0.3) is 0 Å². The third-order valence-corrected chi connectivity index (χ3v) is 13.6. The van der Waals surface area contributed by atoms with Crippen molar-refractivity contribution in [3.8, 4) is 11.1 Å². The molecule has 8 aromatic rings. The first-order valence-electron chi connectivity index (χ1n) is 14.3. The van der Waals surface area contributed by atoms with Gasteiger partial charge >= 0.3 is 0 Å². The maximum Gasteiger partial charge on any atom is 0.179 e. The maximum atomic E-state index is 2.40. The first-order valence-corrected chi connectivity index (χ1v) is 16.3. The van der Waals surface area contributed by atoms with Crippen molar-refractivity contribution in [2.75, 3.05) is 0 Å². The Kier molecular flexibility index (Phi) is 5.58. The zero-order valence-electron chi connectivity index (χ0n) is 22.7. The molecule has 0 saturated heterocycles. The molecule has 0 aliphatic heterocycles. The minimum atomic E-state index is -2.53. The second-order valence-corrected chi connectivity index (χ2v) is 14.7. The van der Waals surface area contributed by atoms with E-state index in [4.69, 9.17) is 0 Å². The molecule has 0 fully saturated rings. The molecule has 0 amide bonds. The summed E-state index contributed by atoms with van der Waals surface area (Å²) in [6, 6.07) is 63.2. The standard InChI is InChI=1S/C40H28Si/c1-4-13-33(14-5-1)41(34-15-6-2-7-16-34,35-17-8-3-9-18-35)36-25-21-29(22-26-36)37-27-23-32-20-19-30-11-10-12-31-24-28-38(37)40(32)39(30)31/h1-28H. The summed E-state index contributed by atoms with van der Waals surface area (Å²) < 4.78 is 0. The Morgan fingerprint density at radius 1 is 0.293 bits per heavy atom. The lowest BCUT2D eigenvalue weighted by Crippen LogP contribution is -2.74. The molecule has 0 saturated carbocycles. The van der Waals surface area contributed by atoms with Gasteiger partial charge in [0.05, 0.1) is 0 Å². The highest BCUT2D eigenvalue weighted by Gasteiger charge is 2.41. The predicted octanol–water partition coefficient (Wildman–Crippen LogP) is 7.63. The fourth-order valence-corrected chi connectivity index (χ4v) is 11.7. The summed E-state index contributed by atoms with van der Waals surface area (Å²) in [6.45, 7) is 0. The summed E-state index contributed by atoms with van der Waals surface area (Å²) in [5.74, 6) is 0. The zero-order valence-corrected chi connectivity index (χ0v) is 23.7. The quantitative estimate of drug-likeness (QED) is 0.121. The van der Waals surface area contributed by atoms with Gasteiger partial charge in [0, 0.05) is 0 Å². The molecule has 8 aromatic carbocycles. The van der Waals surface area contributed by atoms with Crippen LogP contribution in [0.1, 0.15) is 0 Å². The summed E-state index contributed by atoms with van der Waals surface area (Å²) in [6.07, 6.45) is 0. The summed E-state index contributed by atoms with van der Waals surface area (Å²) >= 11 is 0. The van der Waals surface area contributed by atoms with E-state index in [1.165, 1.54) is 64.2 Å². The Morgan fingerprint density at radius 2 is 0.732 bits per heavy atom. The molecule has 0 aliphatic rings. The lowest BCUT2D eigenvalue weighted by molar-refractivity contribution is 1.65. The van der Waals surface area contributed by atoms with E-state index in [0.29, 0.717) is 0 Å². The van der Waals surface area contributed by atoms with Crippen LogP contribution in [0.15, 0.2) is 170 Å². The monoisotopic (exact) mass is 536 g/mol. The molecule has 0 bridgehead atoms. The second-order valence-electron chi connectivity index (χ2n) is 10.9. The van der Waals surface area contributed by atoms with Crippen LogP contribution >= 0.6 is 0 Å². The first kappa shape index (κ1) is 23.9. The zero-order chi connectivity index (χ0) is 27.2. The van der Waals surface area contributed by atoms with Crippen LogP contribution in [0.3, 0.4) is 0 Å². The third kappa shape index (κ3) is 3.67.